The molecule has 3 aromatic rings. The number of hydrogen-bond donors (Lipinski definition) is 2. The number of aryl methyl sites for hydroxylation is 2. The zero-order chi connectivity index (χ0) is 22.3. The number of fused-ring (bicyclic) bond motifs is 3. The molecule has 7 heteroatoms. The minimum atomic E-state index is -0.195. The van der Waals surface area contributed by atoms with Gasteiger partial charge in [-0.15, -0.1) is 11.3 Å². The molecule has 2 unspecified atom stereocenters. The summed E-state index contributed by atoms with van der Waals surface area (Å²) in [5.41, 5.74) is 4.17. The second kappa shape index (κ2) is 8.55. The largest absolute Gasteiger partial charge is 0.325 e. The van der Waals surface area contributed by atoms with Crippen LogP contribution in [0.4, 0.5) is 5.69 Å². The Bertz CT molecular complexity index is 1200. The number of hydrogen-bond acceptors (Lipinski definition) is 5. The standard InChI is InChI=1S/C24H30N4O2S/c1-13-9-10-17-19(11-13)31-24-21(17)23(30)26-22(27-24)16(4)28(5)12-20(29)25-18-8-6-7-14(2)15(18)3/h6-8,13,16H,9-12H2,1-5H3,(H,25,29)(H,26,27,30). The molecule has 2 N–H and O–H groups in total. The van der Waals surface area contributed by atoms with Crippen LogP contribution in [0.2, 0.25) is 0 Å². The van der Waals surface area contributed by atoms with Crippen molar-refractivity contribution in [2.24, 2.45) is 5.92 Å². The van der Waals surface area contributed by atoms with Gasteiger partial charge in [0.05, 0.1) is 18.0 Å². The zero-order valence-corrected chi connectivity index (χ0v) is 19.7. The Balaban J connectivity index is 1.52. The maximum atomic E-state index is 12.9. The number of carbonyl (C=O) groups excluding carboxylic acids is 1. The van der Waals surface area contributed by atoms with E-state index >= 15 is 0 Å². The van der Waals surface area contributed by atoms with Gasteiger partial charge in [0, 0.05) is 10.6 Å². The van der Waals surface area contributed by atoms with Crippen LogP contribution in [0.15, 0.2) is 23.0 Å². The van der Waals surface area contributed by atoms with Crippen LogP contribution >= 0.6 is 11.3 Å². The van der Waals surface area contributed by atoms with Crippen LogP contribution in [-0.4, -0.2) is 34.4 Å². The molecule has 0 saturated heterocycles. The predicted octanol–water partition coefficient (Wildman–Crippen LogP) is 4.36. The smallest absolute Gasteiger partial charge is 0.259 e. The van der Waals surface area contributed by atoms with Crippen LogP contribution in [-0.2, 0) is 17.6 Å². The number of anilines is 1. The Morgan fingerprint density at radius 1 is 1.39 bits per heavy atom. The van der Waals surface area contributed by atoms with Gasteiger partial charge in [0.15, 0.2) is 0 Å². The van der Waals surface area contributed by atoms with Crippen molar-refractivity contribution in [2.75, 3.05) is 18.9 Å². The van der Waals surface area contributed by atoms with Gasteiger partial charge in [0.1, 0.15) is 10.7 Å². The Labute approximate surface area is 186 Å². The molecule has 1 aliphatic rings. The van der Waals surface area contributed by atoms with E-state index in [-0.39, 0.29) is 24.1 Å². The molecule has 0 radical (unpaired) electrons. The van der Waals surface area contributed by atoms with Gasteiger partial charge in [-0.25, -0.2) is 4.98 Å². The molecule has 31 heavy (non-hydrogen) atoms. The molecular weight excluding hydrogens is 408 g/mol. The number of aromatic nitrogens is 2. The highest BCUT2D eigenvalue weighted by molar-refractivity contribution is 7.18. The number of amides is 1. The topological polar surface area (TPSA) is 78.1 Å². The molecule has 2 aromatic heterocycles. The van der Waals surface area contributed by atoms with Gasteiger partial charge < -0.3 is 10.3 Å². The van der Waals surface area contributed by atoms with E-state index < -0.39 is 0 Å². The minimum absolute atomic E-state index is 0.0628. The number of rotatable bonds is 5. The van der Waals surface area contributed by atoms with Crippen molar-refractivity contribution in [1.29, 1.82) is 0 Å². The highest BCUT2D eigenvalue weighted by atomic mass is 32.1. The summed E-state index contributed by atoms with van der Waals surface area (Å²) in [6.45, 7) is 8.46. The SMILES string of the molecule is Cc1cccc(NC(=O)CN(C)C(C)c2nc3sc4c(c3c(=O)[nH]2)CCC(C)C4)c1C. The van der Waals surface area contributed by atoms with Crippen molar-refractivity contribution >= 4 is 33.1 Å². The summed E-state index contributed by atoms with van der Waals surface area (Å²) in [6.07, 6.45) is 3.10. The lowest BCUT2D eigenvalue weighted by molar-refractivity contribution is -0.117. The van der Waals surface area contributed by atoms with Crippen molar-refractivity contribution < 1.29 is 4.79 Å². The maximum absolute atomic E-state index is 12.9. The summed E-state index contributed by atoms with van der Waals surface area (Å²) in [6, 6.07) is 5.69. The molecule has 0 aliphatic heterocycles. The summed E-state index contributed by atoms with van der Waals surface area (Å²) >= 11 is 1.65. The monoisotopic (exact) mass is 438 g/mol. The van der Waals surface area contributed by atoms with Crippen molar-refractivity contribution in [1.82, 2.24) is 14.9 Å². The van der Waals surface area contributed by atoms with E-state index in [0.29, 0.717) is 11.7 Å². The molecule has 164 valence electrons. The van der Waals surface area contributed by atoms with Crippen molar-refractivity contribution in [3.05, 3.63) is 55.9 Å². The van der Waals surface area contributed by atoms with E-state index in [9.17, 15) is 9.59 Å². The van der Waals surface area contributed by atoms with Crippen molar-refractivity contribution in [2.45, 2.75) is 53.0 Å². The molecule has 1 aromatic carbocycles. The molecule has 0 spiro atoms. The highest BCUT2D eigenvalue weighted by Gasteiger charge is 2.25. The Morgan fingerprint density at radius 2 is 2.16 bits per heavy atom. The number of carbonyl (C=O) groups is 1. The number of benzene rings is 1. The molecule has 0 saturated carbocycles. The summed E-state index contributed by atoms with van der Waals surface area (Å²) in [7, 11) is 1.87. The number of H-pyrrole nitrogens is 1. The molecule has 6 nitrogen and oxygen atoms in total. The molecule has 0 bridgehead atoms. The fourth-order valence-electron chi connectivity index (χ4n) is 4.21. The summed E-state index contributed by atoms with van der Waals surface area (Å²) in [5.74, 6) is 1.16. The molecule has 2 heterocycles. The predicted molar refractivity (Wildman–Crippen MR) is 127 cm³/mol. The first kappa shape index (κ1) is 21.7. The van der Waals surface area contributed by atoms with Crippen molar-refractivity contribution in [3.63, 3.8) is 0 Å². The van der Waals surface area contributed by atoms with E-state index in [0.717, 1.165) is 46.3 Å². The van der Waals surface area contributed by atoms with Gasteiger partial charge in [-0.2, -0.15) is 0 Å². The van der Waals surface area contributed by atoms with Crippen molar-refractivity contribution in [3.8, 4) is 0 Å². The number of thiophene rings is 1. The third-order valence-corrected chi connectivity index (χ3v) is 7.66. The van der Waals surface area contributed by atoms with Crippen LogP contribution in [0.5, 0.6) is 0 Å². The number of nitrogens with one attached hydrogen (secondary N) is 2. The second-order valence-electron chi connectivity index (χ2n) is 8.87. The van der Waals surface area contributed by atoms with E-state index in [2.05, 4.69) is 17.2 Å². The van der Waals surface area contributed by atoms with Crippen LogP contribution in [0.1, 0.15) is 53.7 Å². The first-order chi connectivity index (χ1) is 14.7. The van der Waals surface area contributed by atoms with Crippen LogP contribution < -0.4 is 10.9 Å². The summed E-state index contributed by atoms with van der Waals surface area (Å²) in [4.78, 5) is 37.3. The van der Waals surface area contributed by atoms with E-state index in [1.165, 1.54) is 10.4 Å². The lowest BCUT2D eigenvalue weighted by Gasteiger charge is -2.23. The molecule has 1 aliphatic carbocycles. The lowest BCUT2D eigenvalue weighted by Crippen LogP contribution is -2.33. The quantitative estimate of drug-likeness (QED) is 0.621. The van der Waals surface area contributed by atoms with Gasteiger partial charge >= 0.3 is 0 Å². The molecule has 1 amide bonds. The first-order valence-electron chi connectivity index (χ1n) is 10.8. The third-order valence-electron chi connectivity index (χ3n) is 6.51. The van der Waals surface area contributed by atoms with E-state index in [4.69, 9.17) is 4.98 Å². The second-order valence-corrected chi connectivity index (χ2v) is 9.95. The summed E-state index contributed by atoms with van der Waals surface area (Å²) < 4.78 is 0. The fourth-order valence-corrected chi connectivity index (χ4v) is 5.60. The van der Waals surface area contributed by atoms with E-state index in [1.54, 1.807) is 11.3 Å². The maximum Gasteiger partial charge on any atom is 0.259 e. The Hall–Kier alpha value is -2.51. The van der Waals surface area contributed by atoms with Gasteiger partial charge in [0.2, 0.25) is 5.91 Å². The van der Waals surface area contributed by atoms with Crippen LogP contribution in [0.25, 0.3) is 10.2 Å². The molecular formula is C24H30N4O2S. The van der Waals surface area contributed by atoms with Crippen LogP contribution in [0.3, 0.4) is 0 Å². The van der Waals surface area contributed by atoms with Gasteiger partial charge in [0.25, 0.3) is 5.56 Å². The van der Waals surface area contributed by atoms with Gasteiger partial charge in [-0.05, 0) is 75.8 Å². The molecule has 0 fully saturated rings. The Morgan fingerprint density at radius 3 is 2.94 bits per heavy atom. The van der Waals surface area contributed by atoms with Gasteiger partial charge in [-0.3, -0.25) is 14.5 Å². The number of nitrogens with zero attached hydrogens (tertiary/aromatic N) is 2. The van der Waals surface area contributed by atoms with Gasteiger partial charge in [-0.1, -0.05) is 19.1 Å². The highest BCUT2D eigenvalue weighted by Crippen LogP contribution is 2.36. The summed E-state index contributed by atoms with van der Waals surface area (Å²) in [5, 5.41) is 3.76. The average Bonchev–Trinajstić information content (AvgIpc) is 3.08. The zero-order valence-electron chi connectivity index (χ0n) is 18.8. The van der Waals surface area contributed by atoms with Crippen LogP contribution in [0, 0.1) is 19.8 Å². The lowest BCUT2D eigenvalue weighted by atomic mass is 9.89. The minimum Gasteiger partial charge on any atom is -0.325 e. The molecule has 4 rings (SSSR count). The first-order valence-corrected chi connectivity index (χ1v) is 11.7. The van der Waals surface area contributed by atoms with E-state index in [1.807, 2.05) is 50.9 Å². The average molecular weight is 439 g/mol. The number of aromatic amines is 1. The third kappa shape index (κ3) is 4.29. The Kier molecular flexibility index (Phi) is 5.99. The number of likely N-dealkylation sites (N-methyl/N-ethyl adjacent to an activating group) is 1. The molecule has 2 atom stereocenters. The fraction of sp³-hybridized carbons (Fsp3) is 0.458. The normalized spacial score (nSPS) is 17.0.